The summed E-state index contributed by atoms with van der Waals surface area (Å²) in [5.41, 5.74) is 5.77. The lowest BCUT2D eigenvalue weighted by Crippen LogP contribution is -2.13. The maximum absolute atomic E-state index is 13.0. The molecular formula is C9H12ClF2NO. The molecule has 0 spiro atoms. The summed E-state index contributed by atoms with van der Waals surface area (Å²) < 4.78 is 25.5. The van der Waals surface area contributed by atoms with Crippen molar-refractivity contribution in [2.75, 3.05) is 6.61 Å². The van der Waals surface area contributed by atoms with E-state index in [-0.39, 0.29) is 31.0 Å². The third-order valence-electron chi connectivity index (χ3n) is 1.80. The maximum atomic E-state index is 13.0. The first-order valence-electron chi connectivity index (χ1n) is 3.96. The second-order valence-corrected chi connectivity index (χ2v) is 2.78. The van der Waals surface area contributed by atoms with Crippen molar-refractivity contribution in [1.29, 1.82) is 0 Å². The number of aliphatic hydroxyl groups excluding tert-OH is 1. The van der Waals surface area contributed by atoms with E-state index in [0.717, 1.165) is 12.1 Å². The summed E-state index contributed by atoms with van der Waals surface area (Å²) in [6.07, 6.45) is 0.266. The Morgan fingerprint density at radius 2 is 2.00 bits per heavy atom. The van der Waals surface area contributed by atoms with Gasteiger partial charge >= 0.3 is 0 Å². The molecule has 0 radical (unpaired) electrons. The molecule has 0 aliphatic rings. The van der Waals surface area contributed by atoms with E-state index in [1.54, 1.807) is 0 Å². The van der Waals surface area contributed by atoms with E-state index in [1.165, 1.54) is 6.07 Å². The van der Waals surface area contributed by atoms with Gasteiger partial charge in [0.25, 0.3) is 0 Å². The normalized spacial score (nSPS) is 12.0. The van der Waals surface area contributed by atoms with Crippen molar-refractivity contribution in [1.82, 2.24) is 0 Å². The quantitative estimate of drug-likeness (QED) is 0.821. The predicted molar refractivity (Wildman–Crippen MR) is 52.2 cm³/mol. The number of aliphatic hydroxyl groups is 1. The van der Waals surface area contributed by atoms with Crippen LogP contribution < -0.4 is 5.73 Å². The minimum absolute atomic E-state index is 0. The van der Waals surface area contributed by atoms with Gasteiger partial charge in [-0.3, -0.25) is 0 Å². The summed E-state index contributed by atoms with van der Waals surface area (Å²) >= 11 is 0. The zero-order valence-corrected chi connectivity index (χ0v) is 8.23. The van der Waals surface area contributed by atoms with E-state index in [4.69, 9.17) is 10.8 Å². The van der Waals surface area contributed by atoms with E-state index in [9.17, 15) is 8.78 Å². The number of hydrogen-bond donors (Lipinski definition) is 2. The SMILES string of the molecule is Cl.NC(CCO)c1ccc(F)cc1F. The van der Waals surface area contributed by atoms with Gasteiger partial charge in [-0.15, -0.1) is 12.4 Å². The van der Waals surface area contributed by atoms with E-state index < -0.39 is 17.7 Å². The molecule has 0 saturated heterocycles. The summed E-state index contributed by atoms with van der Waals surface area (Å²) in [4.78, 5) is 0. The lowest BCUT2D eigenvalue weighted by Gasteiger charge is -2.10. The van der Waals surface area contributed by atoms with Gasteiger partial charge in [0.15, 0.2) is 0 Å². The molecule has 0 heterocycles. The molecule has 14 heavy (non-hydrogen) atoms. The highest BCUT2D eigenvalue weighted by molar-refractivity contribution is 5.85. The zero-order valence-electron chi connectivity index (χ0n) is 7.41. The van der Waals surface area contributed by atoms with Crippen LogP contribution in [0.15, 0.2) is 18.2 Å². The molecule has 0 fully saturated rings. The summed E-state index contributed by atoms with van der Waals surface area (Å²) in [6, 6.07) is 2.65. The van der Waals surface area contributed by atoms with Crippen molar-refractivity contribution in [3.8, 4) is 0 Å². The van der Waals surface area contributed by atoms with Crippen molar-refractivity contribution in [3.05, 3.63) is 35.4 Å². The van der Waals surface area contributed by atoms with Crippen molar-refractivity contribution < 1.29 is 13.9 Å². The molecule has 80 valence electrons. The van der Waals surface area contributed by atoms with Crippen LogP contribution in [0.1, 0.15) is 18.0 Å². The average Bonchev–Trinajstić information content (AvgIpc) is 2.04. The highest BCUT2D eigenvalue weighted by atomic mass is 35.5. The summed E-state index contributed by atoms with van der Waals surface area (Å²) in [5.74, 6) is -1.29. The van der Waals surface area contributed by atoms with Crippen LogP contribution in [0.5, 0.6) is 0 Å². The molecule has 1 aromatic rings. The molecule has 0 aromatic heterocycles. The van der Waals surface area contributed by atoms with Gasteiger partial charge in [0, 0.05) is 24.3 Å². The molecular weight excluding hydrogens is 212 g/mol. The van der Waals surface area contributed by atoms with Crippen LogP contribution in [0.2, 0.25) is 0 Å². The molecule has 1 rings (SSSR count). The minimum atomic E-state index is -0.666. The van der Waals surface area contributed by atoms with E-state index in [1.807, 2.05) is 0 Å². The molecule has 1 unspecified atom stereocenters. The Balaban J connectivity index is 0.00000169. The van der Waals surface area contributed by atoms with Gasteiger partial charge in [0.1, 0.15) is 11.6 Å². The Hall–Kier alpha value is -0.710. The lowest BCUT2D eigenvalue weighted by molar-refractivity contribution is 0.275. The number of benzene rings is 1. The minimum Gasteiger partial charge on any atom is -0.396 e. The van der Waals surface area contributed by atoms with Crippen molar-refractivity contribution in [2.24, 2.45) is 5.73 Å². The Labute approximate surface area is 87.1 Å². The first-order valence-corrected chi connectivity index (χ1v) is 3.96. The van der Waals surface area contributed by atoms with Crippen LogP contribution in [0.4, 0.5) is 8.78 Å². The average molecular weight is 224 g/mol. The monoisotopic (exact) mass is 223 g/mol. The van der Waals surface area contributed by atoms with Gasteiger partial charge < -0.3 is 10.8 Å². The Bertz CT molecular complexity index is 296. The van der Waals surface area contributed by atoms with Gasteiger partial charge in [0.05, 0.1) is 0 Å². The molecule has 2 nitrogen and oxygen atoms in total. The first kappa shape index (κ1) is 13.3. The fourth-order valence-corrected chi connectivity index (χ4v) is 1.10. The number of hydrogen-bond acceptors (Lipinski definition) is 2. The van der Waals surface area contributed by atoms with Gasteiger partial charge in [-0.1, -0.05) is 6.07 Å². The number of rotatable bonds is 3. The summed E-state index contributed by atoms with van der Waals surface area (Å²) in [5, 5.41) is 8.57. The zero-order chi connectivity index (χ0) is 9.84. The molecule has 1 aromatic carbocycles. The van der Waals surface area contributed by atoms with Crippen LogP contribution >= 0.6 is 12.4 Å². The Morgan fingerprint density at radius 3 is 2.50 bits per heavy atom. The Morgan fingerprint density at radius 1 is 1.36 bits per heavy atom. The van der Waals surface area contributed by atoms with E-state index >= 15 is 0 Å². The third-order valence-corrected chi connectivity index (χ3v) is 1.80. The molecule has 0 aliphatic heterocycles. The van der Waals surface area contributed by atoms with E-state index in [0.29, 0.717) is 0 Å². The first-order chi connectivity index (χ1) is 6.15. The van der Waals surface area contributed by atoms with Crippen molar-refractivity contribution >= 4 is 12.4 Å². The highest BCUT2D eigenvalue weighted by Gasteiger charge is 2.10. The number of halogens is 3. The third kappa shape index (κ3) is 3.21. The second-order valence-electron chi connectivity index (χ2n) is 2.78. The standard InChI is InChI=1S/C9H11F2NO.ClH/c10-6-1-2-7(8(11)5-6)9(12)3-4-13;/h1-2,5,9,13H,3-4,12H2;1H. The van der Waals surface area contributed by atoms with Crippen LogP contribution in [-0.4, -0.2) is 11.7 Å². The van der Waals surface area contributed by atoms with E-state index in [2.05, 4.69) is 0 Å². The van der Waals surface area contributed by atoms with Crippen LogP contribution in [-0.2, 0) is 0 Å². The molecule has 1 atom stereocenters. The second kappa shape index (κ2) is 5.90. The van der Waals surface area contributed by atoms with Crippen LogP contribution in [0.25, 0.3) is 0 Å². The molecule has 0 aliphatic carbocycles. The molecule has 0 amide bonds. The topological polar surface area (TPSA) is 46.2 Å². The van der Waals surface area contributed by atoms with Gasteiger partial charge in [-0.05, 0) is 12.5 Å². The van der Waals surface area contributed by atoms with Gasteiger partial charge in [-0.2, -0.15) is 0 Å². The molecule has 0 bridgehead atoms. The fraction of sp³-hybridized carbons (Fsp3) is 0.333. The smallest absolute Gasteiger partial charge is 0.130 e. The van der Waals surface area contributed by atoms with Crippen molar-refractivity contribution in [2.45, 2.75) is 12.5 Å². The number of nitrogens with two attached hydrogens (primary N) is 1. The summed E-state index contributed by atoms with van der Waals surface area (Å²) in [6.45, 7) is -0.113. The highest BCUT2D eigenvalue weighted by Crippen LogP contribution is 2.18. The summed E-state index contributed by atoms with van der Waals surface area (Å²) in [7, 11) is 0. The molecule has 0 saturated carbocycles. The maximum Gasteiger partial charge on any atom is 0.130 e. The fourth-order valence-electron chi connectivity index (χ4n) is 1.10. The Kier molecular flexibility index (Phi) is 5.60. The van der Waals surface area contributed by atoms with Crippen LogP contribution in [0.3, 0.4) is 0 Å². The van der Waals surface area contributed by atoms with Gasteiger partial charge in [-0.25, -0.2) is 8.78 Å². The largest absolute Gasteiger partial charge is 0.396 e. The molecule has 3 N–H and O–H groups in total. The van der Waals surface area contributed by atoms with Gasteiger partial charge in [0.2, 0.25) is 0 Å². The van der Waals surface area contributed by atoms with Crippen LogP contribution in [0, 0.1) is 11.6 Å². The predicted octanol–water partition coefficient (Wildman–Crippen LogP) is 1.77. The lowest BCUT2D eigenvalue weighted by atomic mass is 10.0. The van der Waals surface area contributed by atoms with Crippen molar-refractivity contribution in [3.63, 3.8) is 0 Å². The molecule has 5 heteroatoms.